The van der Waals surface area contributed by atoms with Gasteiger partial charge in [0.1, 0.15) is 0 Å². The van der Waals surface area contributed by atoms with Crippen LogP contribution < -0.4 is 5.32 Å². The lowest BCUT2D eigenvalue weighted by atomic mass is 9.93. The molecular formula is C18H31NO2. The quantitative estimate of drug-likeness (QED) is 0.666. The van der Waals surface area contributed by atoms with Crippen LogP contribution >= 0.6 is 0 Å². The van der Waals surface area contributed by atoms with Crippen LogP contribution in [0.3, 0.4) is 0 Å². The van der Waals surface area contributed by atoms with Crippen molar-refractivity contribution in [1.82, 2.24) is 5.32 Å². The third-order valence-electron chi connectivity index (χ3n) is 3.41. The number of hydrogen-bond donors (Lipinski definition) is 1. The van der Waals surface area contributed by atoms with Crippen molar-refractivity contribution in [2.45, 2.75) is 52.9 Å². The van der Waals surface area contributed by atoms with Gasteiger partial charge in [-0.3, -0.25) is 0 Å². The second-order valence-electron chi connectivity index (χ2n) is 5.95. The normalized spacial score (nSPS) is 14.6. The average molecular weight is 293 g/mol. The van der Waals surface area contributed by atoms with Crippen LogP contribution in [0.4, 0.5) is 0 Å². The van der Waals surface area contributed by atoms with E-state index in [1.54, 1.807) is 0 Å². The van der Waals surface area contributed by atoms with E-state index in [4.69, 9.17) is 9.47 Å². The molecule has 0 aromatic heterocycles. The molecule has 0 radical (unpaired) electrons. The van der Waals surface area contributed by atoms with Crippen LogP contribution in [-0.4, -0.2) is 32.0 Å². The van der Waals surface area contributed by atoms with E-state index >= 15 is 0 Å². The second kappa shape index (κ2) is 9.93. The lowest BCUT2D eigenvalue weighted by Crippen LogP contribution is -2.38. The first-order valence-electron chi connectivity index (χ1n) is 8.07. The van der Waals surface area contributed by atoms with Crippen molar-refractivity contribution < 1.29 is 9.47 Å². The predicted molar refractivity (Wildman–Crippen MR) is 88.5 cm³/mol. The average Bonchev–Trinajstić information content (AvgIpc) is 2.46. The molecule has 120 valence electrons. The molecule has 0 spiro atoms. The molecule has 3 nitrogen and oxygen atoms in total. The molecule has 0 heterocycles. The Bertz CT molecular complexity index is 365. The largest absolute Gasteiger partial charge is 0.376 e. The van der Waals surface area contributed by atoms with Crippen molar-refractivity contribution in [3.05, 3.63) is 35.9 Å². The Morgan fingerprint density at radius 1 is 0.952 bits per heavy atom. The minimum atomic E-state index is 0.142. The summed E-state index contributed by atoms with van der Waals surface area (Å²) in [5, 5.41) is 3.56. The van der Waals surface area contributed by atoms with Crippen LogP contribution in [-0.2, 0) is 9.47 Å². The van der Waals surface area contributed by atoms with Crippen molar-refractivity contribution in [3.8, 4) is 0 Å². The molecule has 0 saturated carbocycles. The summed E-state index contributed by atoms with van der Waals surface area (Å²) >= 11 is 0. The highest BCUT2D eigenvalue weighted by Crippen LogP contribution is 2.24. The predicted octanol–water partition coefficient (Wildman–Crippen LogP) is 3.80. The molecule has 21 heavy (non-hydrogen) atoms. The van der Waals surface area contributed by atoms with E-state index in [1.165, 1.54) is 5.56 Å². The molecule has 3 heteroatoms. The van der Waals surface area contributed by atoms with Gasteiger partial charge in [-0.25, -0.2) is 0 Å². The molecule has 1 rings (SSSR count). The van der Waals surface area contributed by atoms with Gasteiger partial charge in [-0.15, -0.1) is 0 Å². The zero-order chi connectivity index (χ0) is 15.7. The Morgan fingerprint density at radius 3 is 2.10 bits per heavy atom. The van der Waals surface area contributed by atoms with E-state index in [1.807, 2.05) is 19.9 Å². The van der Waals surface area contributed by atoms with Gasteiger partial charge < -0.3 is 14.8 Å². The Labute approximate surface area is 130 Å². The number of hydrogen-bond acceptors (Lipinski definition) is 3. The van der Waals surface area contributed by atoms with Gasteiger partial charge in [-0.1, -0.05) is 51.1 Å². The molecule has 1 aromatic rings. The lowest BCUT2D eigenvalue weighted by molar-refractivity contribution is -0.0431. The van der Waals surface area contributed by atoms with Crippen LogP contribution in [0.5, 0.6) is 0 Å². The smallest absolute Gasteiger partial charge is 0.0793 e. The van der Waals surface area contributed by atoms with Gasteiger partial charge in [0, 0.05) is 0 Å². The first-order valence-corrected chi connectivity index (χ1v) is 8.07. The Hall–Kier alpha value is -0.900. The summed E-state index contributed by atoms with van der Waals surface area (Å²) in [5.74, 6) is 0.438. The van der Waals surface area contributed by atoms with Crippen LogP contribution in [0, 0.1) is 5.92 Å². The maximum atomic E-state index is 6.14. The van der Waals surface area contributed by atoms with Crippen molar-refractivity contribution in [2.75, 3.05) is 19.8 Å². The lowest BCUT2D eigenvalue weighted by Gasteiger charge is -2.31. The zero-order valence-corrected chi connectivity index (χ0v) is 14.1. The van der Waals surface area contributed by atoms with E-state index in [9.17, 15) is 0 Å². The monoisotopic (exact) mass is 293 g/mol. The molecule has 2 atom stereocenters. The minimum Gasteiger partial charge on any atom is -0.376 e. The standard InChI is InChI=1S/C18H31NO2/c1-6-19-17(16-10-8-7-9-11-16)18(14(2)3)21-13-12-20-15(4)5/h7-11,14-15,17-19H,6,12-13H2,1-5H3. The molecule has 1 N–H and O–H groups in total. The van der Waals surface area contributed by atoms with Crippen molar-refractivity contribution >= 4 is 0 Å². The Kier molecular flexibility index (Phi) is 8.58. The van der Waals surface area contributed by atoms with Gasteiger partial charge in [0.2, 0.25) is 0 Å². The van der Waals surface area contributed by atoms with Gasteiger partial charge in [0.15, 0.2) is 0 Å². The van der Waals surface area contributed by atoms with Crippen molar-refractivity contribution in [2.24, 2.45) is 5.92 Å². The maximum absolute atomic E-state index is 6.14. The topological polar surface area (TPSA) is 30.5 Å². The van der Waals surface area contributed by atoms with E-state index in [2.05, 4.69) is 50.4 Å². The third-order valence-corrected chi connectivity index (χ3v) is 3.41. The highest BCUT2D eigenvalue weighted by atomic mass is 16.5. The van der Waals surface area contributed by atoms with Crippen molar-refractivity contribution in [3.63, 3.8) is 0 Å². The fourth-order valence-electron chi connectivity index (χ4n) is 2.45. The number of likely N-dealkylation sites (N-methyl/N-ethyl adjacent to an activating group) is 1. The molecular weight excluding hydrogens is 262 g/mol. The van der Waals surface area contributed by atoms with Gasteiger partial charge in [-0.2, -0.15) is 0 Å². The number of nitrogens with one attached hydrogen (secondary N) is 1. The fraction of sp³-hybridized carbons (Fsp3) is 0.667. The summed E-state index contributed by atoms with van der Waals surface area (Å²) < 4.78 is 11.7. The van der Waals surface area contributed by atoms with Crippen LogP contribution in [0.2, 0.25) is 0 Å². The first kappa shape index (κ1) is 18.1. The SMILES string of the molecule is CCNC(c1ccccc1)C(OCCOC(C)C)C(C)C. The number of rotatable bonds is 10. The molecule has 0 aliphatic heterocycles. The number of ether oxygens (including phenoxy) is 2. The molecule has 0 aliphatic carbocycles. The van der Waals surface area contributed by atoms with Gasteiger partial charge in [-0.05, 0) is 31.9 Å². The summed E-state index contributed by atoms with van der Waals surface area (Å²) in [4.78, 5) is 0. The molecule has 0 amide bonds. The molecule has 0 bridgehead atoms. The van der Waals surface area contributed by atoms with Crippen LogP contribution in [0.1, 0.15) is 46.2 Å². The summed E-state index contributed by atoms with van der Waals surface area (Å²) in [7, 11) is 0. The zero-order valence-electron chi connectivity index (χ0n) is 14.1. The summed E-state index contributed by atoms with van der Waals surface area (Å²) in [6, 6.07) is 10.8. The second-order valence-corrected chi connectivity index (χ2v) is 5.95. The highest BCUT2D eigenvalue weighted by molar-refractivity contribution is 5.20. The van der Waals surface area contributed by atoms with Crippen LogP contribution in [0.15, 0.2) is 30.3 Å². The Morgan fingerprint density at radius 2 is 1.57 bits per heavy atom. The van der Waals surface area contributed by atoms with E-state index in [0.29, 0.717) is 19.1 Å². The maximum Gasteiger partial charge on any atom is 0.0793 e. The first-order chi connectivity index (χ1) is 10.1. The fourth-order valence-corrected chi connectivity index (χ4v) is 2.45. The molecule has 1 aromatic carbocycles. The molecule has 2 unspecified atom stereocenters. The minimum absolute atomic E-state index is 0.142. The third kappa shape index (κ3) is 6.60. The number of benzene rings is 1. The van der Waals surface area contributed by atoms with E-state index < -0.39 is 0 Å². The van der Waals surface area contributed by atoms with Crippen molar-refractivity contribution in [1.29, 1.82) is 0 Å². The van der Waals surface area contributed by atoms with Gasteiger partial charge in [0.25, 0.3) is 0 Å². The molecule has 0 aliphatic rings. The highest BCUT2D eigenvalue weighted by Gasteiger charge is 2.26. The summed E-state index contributed by atoms with van der Waals surface area (Å²) in [6.45, 7) is 12.9. The van der Waals surface area contributed by atoms with Gasteiger partial charge >= 0.3 is 0 Å². The van der Waals surface area contributed by atoms with E-state index in [-0.39, 0.29) is 18.2 Å². The molecule has 0 fully saturated rings. The van der Waals surface area contributed by atoms with Crippen LogP contribution in [0.25, 0.3) is 0 Å². The van der Waals surface area contributed by atoms with E-state index in [0.717, 1.165) is 6.54 Å². The Balaban J connectivity index is 2.69. The summed E-state index contributed by atoms with van der Waals surface area (Å²) in [5.41, 5.74) is 1.28. The summed E-state index contributed by atoms with van der Waals surface area (Å²) in [6.07, 6.45) is 0.396. The molecule has 0 saturated heterocycles. The van der Waals surface area contributed by atoms with Gasteiger partial charge in [0.05, 0.1) is 31.5 Å².